The molecule has 90 valence electrons. The van der Waals surface area contributed by atoms with E-state index in [2.05, 4.69) is 6.58 Å². The van der Waals surface area contributed by atoms with Crippen LogP contribution >= 0.6 is 0 Å². The summed E-state index contributed by atoms with van der Waals surface area (Å²) in [5.41, 5.74) is 2.63. The van der Waals surface area contributed by atoms with E-state index < -0.39 is 0 Å². The predicted octanol–water partition coefficient (Wildman–Crippen LogP) is 3.69. The summed E-state index contributed by atoms with van der Waals surface area (Å²) >= 11 is 0. The molecule has 0 fully saturated rings. The van der Waals surface area contributed by atoms with Gasteiger partial charge in [0.1, 0.15) is 18.7 Å². The van der Waals surface area contributed by atoms with Gasteiger partial charge in [-0.05, 0) is 5.56 Å². The van der Waals surface area contributed by atoms with E-state index in [1.807, 2.05) is 42.5 Å². The van der Waals surface area contributed by atoms with Crippen molar-refractivity contribution in [1.82, 2.24) is 0 Å². The van der Waals surface area contributed by atoms with Crippen LogP contribution in [0.5, 0.6) is 0 Å². The third-order valence-electron chi connectivity index (χ3n) is 2.62. The van der Waals surface area contributed by atoms with Crippen LogP contribution in [0.2, 0.25) is 0 Å². The third-order valence-corrected chi connectivity index (χ3v) is 2.62. The Morgan fingerprint density at radius 3 is 2.33 bits per heavy atom. The molecule has 0 heterocycles. The molecular formula is C16H14O2. The zero-order valence-electron chi connectivity index (χ0n) is 10.0. The first-order valence-corrected chi connectivity index (χ1v) is 5.71. The molecule has 0 saturated heterocycles. The molecule has 2 rings (SSSR count). The minimum absolute atomic E-state index is 0.495. The van der Waals surface area contributed by atoms with Gasteiger partial charge in [-0.15, -0.1) is 0 Å². The van der Waals surface area contributed by atoms with Crippen LogP contribution in [0.3, 0.4) is 0 Å². The van der Waals surface area contributed by atoms with Gasteiger partial charge >= 0.3 is 0 Å². The van der Waals surface area contributed by atoms with Crippen molar-refractivity contribution >= 4 is 12.0 Å². The Labute approximate surface area is 107 Å². The van der Waals surface area contributed by atoms with Crippen molar-refractivity contribution in [3.05, 3.63) is 77.9 Å². The average molecular weight is 238 g/mol. The molecule has 0 radical (unpaired) electrons. The summed E-state index contributed by atoms with van der Waals surface area (Å²) in [5.74, 6) is 0.608. The van der Waals surface area contributed by atoms with Gasteiger partial charge < -0.3 is 4.74 Å². The van der Waals surface area contributed by atoms with E-state index in [1.165, 1.54) is 0 Å². The number of benzene rings is 2. The normalized spacial score (nSPS) is 9.78. The number of carbonyl (C=O) groups is 1. The molecule has 0 saturated carbocycles. The van der Waals surface area contributed by atoms with Crippen LogP contribution in [-0.2, 0) is 11.3 Å². The Balaban J connectivity index is 1.97. The number of aldehydes is 1. The second-order valence-electron chi connectivity index (χ2n) is 3.94. The van der Waals surface area contributed by atoms with Gasteiger partial charge in [0.05, 0.1) is 0 Å². The summed E-state index contributed by atoms with van der Waals surface area (Å²) in [4.78, 5) is 10.5. The van der Waals surface area contributed by atoms with Crippen LogP contribution in [0.4, 0.5) is 0 Å². The molecule has 2 aromatic rings. The standard InChI is InChI=1S/C16H14O2/c1-13(16-9-7-14(11-17)8-10-16)18-12-15-5-3-2-4-6-15/h2-11H,1,12H2. The Morgan fingerprint density at radius 1 is 1.06 bits per heavy atom. The predicted molar refractivity (Wildman–Crippen MR) is 72.1 cm³/mol. The van der Waals surface area contributed by atoms with E-state index in [1.54, 1.807) is 12.1 Å². The summed E-state index contributed by atoms with van der Waals surface area (Å²) in [6.45, 7) is 4.38. The number of hydrogen-bond donors (Lipinski definition) is 0. The van der Waals surface area contributed by atoms with Crippen molar-refractivity contribution in [2.24, 2.45) is 0 Å². The summed E-state index contributed by atoms with van der Waals surface area (Å²) in [7, 11) is 0. The highest BCUT2D eigenvalue weighted by Crippen LogP contribution is 2.16. The van der Waals surface area contributed by atoms with Gasteiger partial charge in [-0.25, -0.2) is 0 Å². The Morgan fingerprint density at radius 2 is 1.72 bits per heavy atom. The minimum Gasteiger partial charge on any atom is -0.489 e. The van der Waals surface area contributed by atoms with Gasteiger partial charge in [-0.3, -0.25) is 4.79 Å². The van der Waals surface area contributed by atoms with Gasteiger partial charge in [0.25, 0.3) is 0 Å². The molecule has 2 aromatic carbocycles. The summed E-state index contributed by atoms with van der Waals surface area (Å²) < 4.78 is 5.60. The van der Waals surface area contributed by atoms with Gasteiger partial charge in [-0.2, -0.15) is 0 Å². The number of ether oxygens (including phenoxy) is 1. The van der Waals surface area contributed by atoms with E-state index in [0.717, 1.165) is 17.4 Å². The summed E-state index contributed by atoms with van der Waals surface area (Å²) in [6, 6.07) is 17.1. The van der Waals surface area contributed by atoms with Crippen LogP contribution < -0.4 is 0 Å². The number of carbonyl (C=O) groups excluding carboxylic acids is 1. The maximum absolute atomic E-state index is 10.5. The van der Waals surface area contributed by atoms with Gasteiger partial charge in [0, 0.05) is 11.1 Å². The van der Waals surface area contributed by atoms with Crippen molar-refractivity contribution in [3.63, 3.8) is 0 Å². The molecule has 0 atom stereocenters. The van der Waals surface area contributed by atoms with Gasteiger partial charge in [0.15, 0.2) is 0 Å². The second-order valence-corrected chi connectivity index (χ2v) is 3.94. The fourth-order valence-electron chi connectivity index (χ4n) is 1.58. The quantitative estimate of drug-likeness (QED) is 0.586. The summed E-state index contributed by atoms with van der Waals surface area (Å²) in [5, 5.41) is 0. The molecule has 2 nitrogen and oxygen atoms in total. The zero-order chi connectivity index (χ0) is 12.8. The third kappa shape index (κ3) is 3.08. The molecule has 0 bridgehead atoms. The molecule has 0 unspecified atom stereocenters. The molecule has 18 heavy (non-hydrogen) atoms. The lowest BCUT2D eigenvalue weighted by Crippen LogP contribution is -1.92. The van der Waals surface area contributed by atoms with Crippen molar-refractivity contribution in [2.45, 2.75) is 6.61 Å². The van der Waals surface area contributed by atoms with E-state index in [9.17, 15) is 4.79 Å². The van der Waals surface area contributed by atoms with Gasteiger partial charge in [0.2, 0.25) is 0 Å². The fraction of sp³-hybridized carbons (Fsp3) is 0.0625. The highest BCUT2D eigenvalue weighted by molar-refractivity contribution is 5.75. The Bertz CT molecular complexity index is 527. The smallest absolute Gasteiger partial charge is 0.150 e. The molecule has 0 aliphatic heterocycles. The van der Waals surface area contributed by atoms with E-state index >= 15 is 0 Å². The molecule has 0 aromatic heterocycles. The maximum atomic E-state index is 10.5. The first-order chi connectivity index (χ1) is 8.79. The van der Waals surface area contributed by atoms with Crippen molar-refractivity contribution < 1.29 is 9.53 Å². The minimum atomic E-state index is 0.495. The van der Waals surface area contributed by atoms with Crippen LogP contribution in [0.15, 0.2) is 61.2 Å². The molecule has 0 aliphatic rings. The average Bonchev–Trinajstić information content (AvgIpc) is 2.46. The molecular weight excluding hydrogens is 224 g/mol. The van der Waals surface area contributed by atoms with E-state index in [4.69, 9.17) is 4.74 Å². The summed E-state index contributed by atoms with van der Waals surface area (Å²) in [6.07, 6.45) is 0.817. The van der Waals surface area contributed by atoms with Crippen molar-refractivity contribution in [3.8, 4) is 0 Å². The molecule has 2 heteroatoms. The zero-order valence-corrected chi connectivity index (χ0v) is 10.0. The highest BCUT2D eigenvalue weighted by atomic mass is 16.5. The van der Waals surface area contributed by atoms with Crippen LogP contribution in [0.25, 0.3) is 5.76 Å². The second kappa shape index (κ2) is 5.82. The monoisotopic (exact) mass is 238 g/mol. The lowest BCUT2D eigenvalue weighted by molar-refractivity contribution is 0.112. The van der Waals surface area contributed by atoms with Crippen LogP contribution in [0.1, 0.15) is 21.5 Å². The first kappa shape index (κ1) is 12.1. The van der Waals surface area contributed by atoms with E-state index in [-0.39, 0.29) is 0 Å². The molecule has 0 aliphatic carbocycles. The van der Waals surface area contributed by atoms with Crippen molar-refractivity contribution in [2.75, 3.05) is 0 Å². The Hall–Kier alpha value is -2.35. The van der Waals surface area contributed by atoms with Crippen LogP contribution in [-0.4, -0.2) is 6.29 Å². The maximum Gasteiger partial charge on any atom is 0.150 e. The largest absolute Gasteiger partial charge is 0.489 e. The van der Waals surface area contributed by atoms with Gasteiger partial charge in [-0.1, -0.05) is 61.2 Å². The van der Waals surface area contributed by atoms with E-state index in [0.29, 0.717) is 17.9 Å². The van der Waals surface area contributed by atoms with Crippen LogP contribution in [0, 0.1) is 0 Å². The topological polar surface area (TPSA) is 26.3 Å². The molecule has 0 amide bonds. The fourth-order valence-corrected chi connectivity index (χ4v) is 1.58. The first-order valence-electron chi connectivity index (χ1n) is 5.71. The number of hydrogen-bond acceptors (Lipinski definition) is 2. The SMILES string of the molecule is C=C(OCc1ccccc1)c1ccc(C=O)cc1. The lowest BCUT2D eigenvalue weighted by Gasteiger charge is -2.09. The highest BCUT2D eigenvalue weighted by Gasteiger charge is 2.00. The Kier molecular flexibility index (Phi) is 3.92. The molecule has 0 spiro atoms. The van der Waals surface area contributed by atoms with Crippen molar-refractivity contribution in [1.29, 1.82) is 0 Å². The number of rotatable bonds is 5. The molecule has 0 N–H and O–H groups in total. The lowest BCUT2D eigenvalue weighted by atomic mass is 10.1.